The molecular formula is C18H19FN2O3S. The van der Waals surface area contributed by atoms with Crippen LogP contribution in [0.25, 0.3) is 6.08 Å². The SMILES string of the molecule is CN(CC(=O)NCc1ccccc1F)S(=O)(=O)/C=C/c1ccccc1. The molecule has 132 valence electrons. The molecule has 0 aliphatic carbocycles. The molecule has 0 aliphatic heterocycles. The van der Waals surface area contributed by atoms with Gasteiger partial charge in [-0.15, -0.1) is 0 Å². The van der Waals surface area contributed by atoms with Gasteiger partial charge in [-0.1, -0.05) is 48.5 Å². The van der Waals surface area contributed by atoms with Crippen LogP contribution in [0.2, 0.25) is 0 Å². The van der Waals surface area contributed by atoms with Crippen molar-refractivity contribution in [2.24, 2.45) is 0 Å². The highest BCUT2D eigenvalue weighted by Gasteiger charge is 2.17. The lowest BCUT2D eigenvalue weighted by Crippen LogP contribution is -2.37. The second kappa shape index (κ2) is 8.55. The molecule has 0 saturated heterocycles. The largest absolute Gasteiger partial charge is 0.351 e. The summed E-state index contributed by atoms with van der Waals surface area (Å²) in [6.07, 6.45) is 1.46. The minimum absolute atomic E-state index is 0.000745. The first kappa shape index (κ1) is 18.8. The van der Waals surface area contributed by atoms with E-state index in [4.69, 9.17) is 0 Å². The van der Waals surface area contributed by atoms with Crippen molar-refractivity contribution in [3.05, 3.63) is 76.9 Å². The monoisotopic (exact) mass is 362 g/mol. The molecule has 0 radical (unpaired) electrons. The first-order chi connectivity index (χ1) is 11.9. The number of halogens is 1. The Balaban J connectivity index is 1.91. The number of amides is 1. The number of nitrogens with one attached hydrogen (secondary N) is 1. The summed E-state index contributed by atoms with van der Waals surface area (Å²) in [5.41, 5.74) is 1.08. The molecule has 2 aromatic carbocycles. The Kier molecular flexibility index (Phi) is 6.44. The maximum atomic E-state index is 13.5. The van der Waals surface area contributed by atoms with E-state index in [1.54, 1.807) is 42.5 Å². The summed E-state index contributed by atoms with van der Waals surface area (Å²) in [5.74, 6) is -0.933. The van der Waals surface area contributed by atoms with Crippen molar-refractivity contribution < 1.29 is 17.6 Å². The molecule has 0 heterocycles. The van der Waals surface area contributed by atoms with Crippen LogP contribution in [0.5, 0.6) is 0 Å². The Bertz CT molecular complexity index is 852. The van der Waals surface area contributed by atoms with Gasteiger partial charge in [0.25, 0.3) is 0 Å². The van der Waals surface area contributed by atoms with E-state index in [-0.39, 0.29) is 13.1 Å². The van der Waals surface area contributed by atoms with E-state index < -0.39 is 21.7 Å². The number of likely N-dealkylation sites (N-methyl/N-ethyl adjacent to an activating group) is 1. The molecule has 0 aromatic heterocycles. The third-order valence-electron chi connectivity index (χ3n) is 3.47. The summed E-state index contributed by atoms with van der Waals surface area (Å²) in [6, 6.07) is 15.0. The smallest absolute Gasteiger partial charge is 0.236 e. The molecular weight excluding hydrogens is 343 g/mol. The van der Waals surface area contributed by atoms with E-state index in [0.29, 0.717) is 5.56 Å². The van der Waals surface area contributed by atoms with Crippen molar-refractivity contribution in [2.75, 3.05) is 13.6 Å². The van der Waals surface area contributed by atoms with Gasteiger partial charge in [-0.25, -0.2) is 12.8 Å². The molecule has 25 heavy (non-hydrogen) atoms. The zero-order valence-electron chi connectivity index (χ0n) is 13.7. The Morgan fingerprint density at radius 1 is 1.12 bits per heavy atom. The molecule has 0 bridgehead atoms. The Morgan fingerprint density at radius 2 is 1.76 bits per heavy atom. The fourth-order valence-corrected chi connectivity index (χ4v) is 2.85. The first-order valence-corrected chi connectivity index (χ1v) is 9.08. The van der Waals surface area contributed by atoms with E-state index >= 15 is 0 Å². The second-order valence-electron chi connectivity index (χ2n) is 5.38. The van der Waals surface area contributed by atoms with Crippen molar-refractivity contribution in [2.45, 2.75) is 6.54 Å². The number of carbonyl (C=O) groups is 1. The number of rotatable bonds is 7. The fourth-order valence-electron chi connectivity index (χ4n) is 2.02. The second-order valence-corrected chi connectivity index (χ2v) is 7.31. The van der Waals surface area contributed by atoms with Gasteiger partial charge >= 0.3 is 0 Å². The highest BCUT2D eigenvalue weighted by atomic mass is 32.2. The third kappa shape index (κ3) is 5.81. The molecule has 0 atom stereocenters. The van der Waals surface area contributed by atoms with Crippen LogP contribution in [0.4, 0.5) is 4.39 Å². The maximum Gasteiger partial charge on any atom is 0.236 e. The topological polar surface area (TPSA) is 66.5 Å². The molecule has 1 N–H and O–H groups in total. The zero-order chi connectivity index (χ0) is 18.3. The first-order valence-electron chi connectivity index (χ1n) is 7.58. The van der Waals surface area contributed by atoms with Gasteiger partial charge in [-0.05, 0) is 17.7 Å². The van der Waals surface area contributed by atoms with Crippen LogP contribution in [-0.4, -0.2) is 32.2 Å². The normalized spacial score (nSPS) is 11.8. The molecule has 2 rings (SSSR count). The Hall–Kier alpha value is -2.51. The average Bonchev–Trinajstić information content (AvgIpc) is 2.60. The summed E-state index contributed by atoms with van der Waals surface area (Å²) >= 11 is 0. The summed E-state index contributed by atoms with van der Waals surface area (Å²) < 4.78 is 38.8. The van der Waals surface area contributed by atoms with Gasteiger partial charge in [0, 0.05) is 24.6 Å². The molecule has 0 saturated carbocycles. The van der Waals surface area contributed by atoms with Crippen molar-refractivity contribution in [3.63, 3.8) is 0 Å². The number of benzene rings is 2. The van der Waals surface area contributed by atoms with Crippen LogP contribution in [0.3, 0.4) is 0 Å². The Morgan fingerprint density at radius 3 is 2.44 bits per heavy atom. The van der Waals surface area contributed by atoms with E-state index in [0.717, 1.165) is 15.3 Å². The maximum absolute atomic E-state index is 13.5. The summed E-state index contributed by atoms with van der Waals surface area (Å²) in [4.78, 5) is 11.9. The van der Waals surface area contributed by atoms with E-state index in [1.807, 2.05) is 6.07 Å². The van der Waals surface area contributed by atoms with Crippen LogP contribution in [-0.2, 0) is 21.4 Å². The lowest BCUT2D eigenvalue weighted by atomic mass is 10.2. The average molecular weight is 362 g/mol. The predicted molar refractivity (Wildman–Crippen MR) is 95.3 cm³/mol. The van der Waals surface area contributed by atoms with Crippen LogP contribution in [0.15, 0.2) is 60.0 Å². The number of sulfonamides is 1. The highest BCUT2D eigenvalue weighted by molar-refractivity contribution is 7.92. The molecule has 1 amide bonds. The molecule has 2 aromatic rings. The van der Waals surface area contributed by atoms with Gasteiger partial charge in [0.1, 0.15) is 5.82 Å². The van der Waals surface area contributed by atoms with Gasteiger partial charge in [-0.3, -0.25) is 4.79 Å². The molecule has 7 heteroatoms. The van der Waals surface area contributed by atoms with Crippen molar-refractivity contribution in [1.82, 2.24) is 9.62 Å². The predicted octanol–water partition coefficient (Wildman–Crippen LogP) is 2.37. The lowest BCUT2D eigenvalue weighted by molar-refractivity contribution is -0.121. The minimum Gasteiger partial charge on any atom is -0.351 e. The van der Waals surface area contributed by atoms with Gasteiger partial charge in [0.2, 0.25) is 15.9 Å². The van der Waals surface area contributed by atoms with Gasteiger partial charge in [0.15, 0.2) is 0 Å². The molecule has 0 fully saturated rings. The van der Waals surface area contributed by atoms with Crippen LogP contribution >= 0.6 is 0 Å². The summed E-state index contributed by atoms with van der Waals surface area (Å²) in [7, 11) is -2.41. The standard InChI is InChI=1S/C18H19FN2O3S/c1-21(25(23,24)12-11-15-7-3-2-4-8-15)14-18(22)20-13-16-9-5-6-10-17(16)19/h2-12H,13-14H2,1H3,(H,20,22)/b12-11+. The minimum atomic E-state index is -3.73. The Labute approximate surface area is 146 Å². The van der Waals surface area contributed by atoms with Crippen molar-refractivity contribution in [1.29, 1.82) is 0 Å². The van der Waals surface area contributed by atoms with Crippen LogP contribution in [0.1, 0.15) is 11.1 Å². The van der Waals surface area contributed by atoms with Gasteiger partial charge < -0.3 is 5.32 Å². The fraction of sp³-hybridized carbons (Fsp3) is 0.167. The van der Waals surface area contributed by atoms with E-state index in [9.17, 15) is 17.6 Å². The van der Waals surface area contributed by atoms with Crippen LogP contribution in [0, 0.1) is 5.82 Å². The van der Waals surface area contributed by atoms with E-state index in [1.165, 1.54) is 19.2 Å². The number of nitrogens with zero attached hydrogens (tertiary/aromatic N) is 1. The molecule has 0 spiro atoms. The third-order valence-corrected chi connectivity index (χ3v) is 4.94. The van der Waals surface area contributed by atoms with Gasteiger partial charge in [-0.2, -0.15) is 4.31 Å². The van der Waals surface area contributed by atoms with E-state index in [2.05, 4.69) is 5.32 Å². The van der Waals surface area contributed by atoms with Crippen LogP contribution < -0.4 is 5.32 Å². The molecule has 5 nitrogen and oxygen atoms in total. The summed E-state index contributed by atoms with van der Waals surface area (Å²) in [6.45, 7) is -0.352. The number of hydrogen-bond acceptors (Lipinski definition) is 3. The number of carbonyl (C=O) groups excluding carboxylic acids is 1. The quantitative estimate of drug-likeness (QED) is 0.822. The van der Waals surface area contributed by atoms with Gasteiger partial charge in [0.05, 0.1) is 6.54 Å². The van der Waals surface area contributed by atoms with Crippen molar-refractivity contribution in [3.8, 4) is 0 Å². The summed E-state index contributed by atoms with van der Waals surface area (Å²) in [5, 5.41) is 3.56. The van der Waals surface area contributed by atoms with Crippen molar-refractivity contribution >= 4 is 22.0 Å². The highest BCUT2D eigenvalue weighted by Crippen LogP contribution is 2.07. The molecule has 0 aliphatic rings. The zero-order valence-corrected chi connectivity index (χ0v) is 14.5. The lowest BCUT2D eigenvalue weighted by Gasteiger charge is -2.14. The number of hydrogen-bond donors (Lipinski definition) is 1. The molecule has 0 unspecified atom stereocenters.